The Bertz CT molecular complexity index is 657. The van der Waals surface area contributed by atoms with Crippen LogP contribution in [0.2, 0.25) is 0 Å². The Morgan fingerprint density at radius 3 is 2.86 bits per heavy atom. The molecule has 0 unspecified atom stereocenters. The van der Waals surface area contributed by atoms with Gasteiger partial charge in [-0.05, 0) is 32.3 Å². The number of hydrogen-bond donors (Lipinski definition) is 2. The number of carbonyl (C=O) groups is 1. The summed E-state index contributed by atoms with van der Waals surface area (Å²) in [5.41, 5.74) is 1.66. The van der Waals surface area contributed by atoms with Crippen LogP contribution in [0.3, 0.4) is 0 Å². The second-order valence-electron chi connectivity index (χ2n) is 6.26. The molecule has 1 aliphatic heterocycles. The van der Waals surface area contributed by atoms with E-state index in [1.165, 1.54) is 0 Å². The topological polar surface area (TPSA) is 77.7 Å². The highest BCUT2D eigenvalue weighted by atomic mass is 16.2. The van der Waals surface area contributed by atoms with Crippen LogP contribution in [0.1, 0.15) is 72.8 Å². The average molecular weight is 301 g/mol. The number of nitrogens with zero attached hydrogens (tertiary/aromatic N) is 3. The number of rotatable bonds is 3. The molecule has 1 amide bonds. The van der Waals surface area contributed by atoms with Gasteiger partial charge in [-0.25, -0.2) is 4.98 Å². The molecule has 6 heteroatoms. The normalized spacial score (nSPS) is 18.9. The maximum Gasteiger partial charge on any atom is 0.256 e. The van der Waals surface area contributed by atoms with Crippen molar-refractivity contribution in [3.05, 3.63) is 35.2 Å². The number of hydrogen-bond acceptors (Lipinski definition) is 3. The van der Waals surface area contributed by atoms with Gasteiger partial charge in [0.05, 0.1) is 11.6 Å². The molecule has 1 fully saturated rings. The number of amides is 1. The Hall–Kier alpha value is -2.11. The van der Waals surface area contributed by atoms with Gasteiger partial charge in [0.15, 0.2) is 5.82 Å². The van der Waals surface area contributed by atoms with E-state index in [-0.39, 0.29) is 17.9 Å². The van der Waals surface area contributed by atoms with Crippen LogP contribution in [0.25, 0.3) is 0 Å². The predicted octanol–water partition coefficient (Wildman–Crippen LogP) is 2.93. The number of likely N-dealkylation sites (tertiary alicyclic amines) is 1. The fourth-order valence-corrected chi connectivity index (χ4v) is 2.99. The smallest absolute Gasteiger partial charge is 0.256 e. The molecule has 0 saturated carbocycles. The summed E-state index contributed by atoms with van der Waals surface area (Å²) in [7, 11) is 0. The van der Waals surface area contributed by atoms with Crippen LogP contribution in [0.15, 0.2) is 12.3 Å². The third-order valence-electron chi connectivity index (χ3n) is 4.30. The lowest BCUT2D eigenvalue weighted by Gasteiger charge is -2.34. The first-order valence-corrected chi connectivity index (χ1v) is 7.95. The SMILES string of the molecule is Cc1[nH]ccc1C(=O)N1CCCC[C@H]1c1nc(C(C)C)n[nH]1. The fourth-order valence-electron chi connectivity index (χ4n) is 2.99. The van der Waals surface area contributed by atoms with Gasteiger partial charge < -0.3 is 9.88 Å². The summed E-state index contributed by atoms with van der Waals surface area (Å²) < 4.78 is 0. The van der Waals surface area contributed by atoms with Gasteiger partial charge >= 0.3 is 0 Å². The van der Waals surface area contributed by atoms with Crippen molar-refractivity contribution in [3.63, 3.8) is 0 Å². The van der Waals surface area contributed by atoms with Gasteiger partial charge in [-0.3, -0.25) is 9.89 Å². The van der Waals surface area contributed by atoms with Crippen LogP contribution < -0.4 is 0 Å². The fraction of sp³-hybridized carbons (Fsp3) is 0.562. The molecule has 118 valence electrons. The number of aryl methyl sites for hydroxylation is 1. The molecule has 0 spiro atoms. The number of aromatic nitrogens is 4. The van der Waals surface area contributed by atoms with E-state index in [1.807, 2.05) is 24.1 Å². The number of aromatic amines is 2. The van der Waals surface area contributed by atoms with Crippen LogP contribution in [0.5, 0.6) is 0 Å². The van der Waals surface area contributed by atoms with Gasteiger partial charge in [0, 0.05) is 24.4 Å². The second-order valence-corrected chi connectivity index (χ2v) is 6.26. The minimum Gasteiger partial charge on any atom is -0.365 e. The molecule has 2 aromatic heterocycles. The zero-order chi connectivity index (χ0) is 15.7. The molecule has 3 heterocycles. The van der Waals surface area contributed by atoms with Gasteiger partial charge in [0.1, 0.15) is 5.82 Å². The lowest BCUT2D eigenvalue weighted by molar-refractivity contribution is 0.0599. The molecule has 0 aromatic carbocycles. The molecular weight excluding hydrogens is 278 g/mol. The van der Waals surface area contributed by atoms with Crippen molar-refractivity contribution < 1.29 is 4.79 Å². The van der Waals surface area contributed by atoms with Crippen molar-refractivity contribution in [2.45, 2.75) is 52.0 Å². The quantitative estimate of drug-likeness (QED) is 0.915. The van der Waals surface area contributed by atoms with E-state index in [0.717, 1.165) is 48.7 Å². The third-order valence-corrected chi connectivity index (χ3v) is 4.30. The molecule has 22 heavy (non-hydrogen) atoms. The molecule has 0 bridgehead atoms. The van der Waals surface area contributed by atoms with E-state index in [0.29, 0.717) is 0 Å². The van der Waals surface area contributed by atoms with Crippen molar-refractivity contribution in [3.8, 4) is 0 Å². The Balaban J connectivity index is 1.87. The van der Waals surface area contributed by atoms with E-state index in [9.17, 15) is 4.79 Å². The second kappa shape index (κ2) is 5.94. The van der Waals surface area contributed by atoms with Gasteiger partial charge in [-0.15, -0.1) is 0 Å². The third kappa shape index (κ3) is 2.65. The van der Waals surface area contributed by atoms with Gasteiger partial charge in [-0.2, -0.15) is 5.10 Å². The zero-order valence-electron chi connectivity index (χ0n) is 13.4. The lowest BCUT2D eigenvalue weighted by atomic mass is 10.00. The molecule has 2 aromatic rings. The maximum atomic E-state index is 12.8. The standard InChI is InChI=1S/C16H23N5O/c1-10(2)14-18-15(20-19-14)13-6-4-5-9-21(13)16(22)12-7-8-17-11(12)3/h7-8,10,13,17H,4-6,9H2,1-3H3,(H,18,19,20)/t13-/m0/s1. The van der Waals surface area contributed by atoms with Crippen molar-refractivity contribution >= 4 is 5.91 Å². The molecule has 1 atom stereocenters. The summed E-state index contributed by atoms with van der Waals surface area (Å²) in [5.74, 6) is 1.98. The summed E-state index contributed by atoms with van der Waals surface area (Å²) in [5, 5.41) is 7.32. The monoisotopic (exact) mass is 301 g/mol. The first-order chi connectivity index (χ1) is 10.6. The Kier molecular flexibility index (Phi) is 4.00. The molecule has 0 aliphatic carbocycles. The van der Waals surface area contributed by atoms with Crippen molar-refractivity contribution in [1.29, 1.82) is 0 Å². The minimum absolute atomic E-state index is 0.00412. The number of H-pyrrole nitrogens is 2. The van der Waals surface area contributed by atoms with Crippen molar-refractivity contribution in [2.24, 2.45) is 0 Å². The zero-order valence-corrected chi connectivity index (χ0v) is 13.4. The summed E-state index contributed by atoms with van der Waals surface area (Å²) in [6.07, 6.45) is 4.89. The molecule has 1 saturated heterocycles. The van der Waals surface area contributed by atoms with E-state index in [4.69, 9.17) is 0 Å². The maximum absolute atomic E-state index is 12.8. The van der Waals surface area contributed by atoms with Gasteiger partial charge in [0.2, 0.25) is 0 Å². The van der Waals surface area contributed by atoms with E-state index in [2.05, 4.69) is 34.0 Å². The molecule has 0 radical (unpaired) electrons. The van der Waals surface area contributed by atoms with Gasteiger partial charge in [-0.1, -0.05) is 13.8 Å². The highest BCUT2D eigenvalue weighted by Gasteiger charge is 2.31. The summed E-state index contributed by atoms with van der Waals surface area (Å²) >= 11 is 0. The van der Waals surface area contributed by atoms with E-state index < -0.39 is 0 Å². The number of nitrogens with one attached hydrogen (secondary N) is 2. The largest absolute Gasteiger partial charge is 0.365 e. The Morgan fingerprint density at radius 2 is 2.23 bits per heavy atom. The molecular formula is C16H23N5O. The van der Waals surface area contributed by atoms with E-state index >= 15 is 0 Å². The number of carbonyl (C=O) groups excluding carboxylic acids is 1. The summed E-state index contributed by atoms with van der Waals surface area (Å²) in [6.45, 7) is 6.84. The Morgan fingerprint density at radius 1 is 1.41 bits per heavy atom. The van der Waals surface area contributed by atoms with Crippen LogP contribution in [0.4, 0.5) is 0 Å². The molecule has 6 nitrogen and oxygen atoms in total. The lowest BCUT2D eigenvalue weighted by Crippen LogP contribution is -2.39. The summed E-state index contributed by atoms with van der Waals surface area (Å²) in [4.78, 5) is 22.5. The number of piperidine rings is 1. The van der Waals surface area contributed by atoms with Crippen LogP contribution >= 0.6 is 0 Å². The van der Waals surface area contributed by atoms with E-state index in [1.54, 1.807) is 0 Å². The van der Waals surface area contributed by atoms with Crippen molar-refractivity contribution in [1.82, 2.24) is 25.1 Å². The summed E-state index contributed by atoms with van der Waals surface area (Å²) in [6, 6.07) is 1.85. The van der Waals surface area contributed by atoms with Crippen LogP contribution in [-0.4, -0.2) is 37.5 Å². The van der Waals surface area contributed by atoms with Crippen LogP contribution in [-0.2, 0) is 0 Å². The Labute approximate surface area is 130 Å². The highest BCUT2D eigenvalue weighted by Crippen LogP contribution is 2.31. The van der Waals surface area contributed by atoms with Gasteiger partial charge in [0.25, 0.3) is 5.91 Å². The first-order valence-electron chi connectivity index (χ1n) is 7.95. The first kappa shape index (κ1) is 14.8. The minimum atomic E-state index is -0.00412. The average Bonchev–Trinajstić information content (AvgIpc) is 3.15. The molecule has 2 N–H and O–H groups in total. The molecule has 1 aliphatic rings. The highest BCUT2D eigenvalue weighted by molar-refractivity contribution is 5.95. The molecule has 3 rings (SSSR count). The predicted molar refractivity (Wildman–Crippen MR) is 83.6 cm³/mol. The van der Waals surface area contributed by atoms with Crippen LogP contribution in [0, 0.1) is 6.92 Å². The van der Waals surface area contributed by atoms with Crippen molar-refractivity contribution in [2.75, 3.05) is 6.54 Å².